The van der Waals surface area contributed by atoms with Gasteiger partial charge >= 0.3 is 0 Å². The zero-order valence-electron chi connectivity index (χ0n) is 18.1. The predicted molar refractivity (Wildman–Crippen MR) is 121 cm³/mol. The average molecular weight is 433 g/mol. The molecule has 5 rings (SSSR count). The normalized spacial score (nSPS) is 14.8. The van der Waals surface area contributed by atoms with Crippen LogP contribution in [0.1, 0.15) is 44.3 Å². The van der Waals surface area contributed by atoms with Gasteiger partial charge in [0.15, 0.2) is 11.5 Å². The first-order chi connectivity index (χ1) is 15.9. The molecule has 0 atom stereocenters. The second-order valence-corrected chi connectivity index (χ2v) is 8.22. The molecule has 1 aliphatic rings. The number of benzene rings is 1. The molecule has 166 valence electrons. The third kappa shape index (κ3) is 4.77. The molecule has 1 aromatic carbocycles. The van der Waals surface area contributed by atoms with Gasteiger partial charge in [-0.2, -0.15) is 10.3 Å². The summed E-state index contributed by atoms with van der Waals surface area (Å²) in [5.74, 6) is 1.44. The summed E-state index contributed by atoms with van der Waals surface area (Å²) in [7, 11) is 0. The van der Waals surface area contributed by atoms with Crippen molar-refractivity contribution in [3.8, 4) is 17.0 Å². The van der Waals surface area contributed by atoms with Crippen LogP contribution in [0.25, 0.3) is 22.3 Å². The van der Waals surface area contributed by atoms with Gasteiger partial charge in [0, 0.05) is 23.2 Å². The highest BCUT2D eigenvalue weighted by atomic mass is 16.5. The second-order valence-electron chi connectivity index (χ2n) is 8.22. The maximum atomic E-state index is 5.94. The number of pyridine rings is 1. The van der Waals surface area contributed by atoms with Gasteiger partial charge in [-0.15, -0.1) is 10.2 Å². The van der Waals surface area contributed by atoms with Crippen LogP contribution in [0.15, 0.2) is 42.6 Å². The van der Waals surface area contributed by atoms with E-state index in [0.717, 1.165) is 41.0 Å². The molecule has 0 unspecified atom stereocenters. The van der Waals surface area contributed by atoms with Crippen LogP contribution >= 0.6 is 0 Å². The van der Waals surface area contributed by atoms with E-state index >= 15 is 0 Å². The third-order valence-corrected chi connectivity index (χ3v) is 5.94. The van der Waals surface area contributed by atoms with Crippen molar-refractivity contribution >= 4 is 11.0 Å². The van der Waals surface area contributed by atoms with Gasteiger partial charge in [0.05, 0.1) is 6.61 Å². The Labute approximate surface area is 186 Å². The fourth-order valence-electron chi connectivity index (χ4n) is 4.30. The lowest BCUT2D eigenvalue weighted by molar-refractivity contribution is 0.297. The Morgan fingerprint density at radius 2 is 1.97 bits per heavy atom. The minimum Gasteiger partial charge on any atom is -0.494 e. The first kappa shape index (κ1) is 20.6. The van der Waals surface area contributed by atoms with Crippen LogP contribution in [0.4, 0.5) is 0 Å². The number of tetrazole rings is 1. The van der Waals surface area contributed by atoms with E-state index in [9.17, 15) is 0 Å². The number of hydrogen-bond donors (Lipinski definition) is 2. The molecule has 0 amide bonds. The molecule has 3 aromatic heterocycles. The van der Waals surface area contributed by atoms with Gasteiger partial charge in [-0.05, 0) is 62.2 Å². The minimum absolute atomic E-state index is 0.403. The van der Waals surface area contributed by atoms with E-state index in [1.807, 2.05) is 36.4 Å². The monoisotopic (exact) mass is 432 g/mol. The first-order valence-corrected chi connectivity index (χ1v) is 11.4. The van der Waals surface area contributed by atoms with Crippen LogP contribution < -0.4 is 10.1 Å². The summed E-state index contributed by atoms with van der Waals surface area (Å²) < 4.78 is 7.75. The van der Waals surface area contributed by atoms with Crippen LogP contribution in [0, 0.1) is 0 Å². The molecule has 4 aromatic rings. The Balaban J connectivity index is 1.21. The van der Waals surface area contributed by atoms with Crippen molar-refractivity contribution in [1.82, 2.24) is 40.7 Å². The summed E-state index contributed by atoms with van der Waals surface area (Å²) in [5, 5.41) is 23.6. The highest BCUT2D eigenvalue weighted by Crippen LogP contribution is 2.28. The molecule has 9 nitrogen and oxygen atoms in total. The van der Waals surface area contributed by atoms with E-state index in [0.29, 0.717) is 25.0 Å². The lowest BCUT2D eigenvalue weighted by Gasteiger charge is -2.22. The van der Waals surface area contributed by atoms with E-state index in [2.05, 4.69) is 30.9 Å². The van der Waals surface area contributed by atoms with Gasteiger partial charge in [0.25, 0.3) is 0 Å². The zero-order chi connectivity index (χ0) is 21.6. The lowest BCUT2D eigenvalue weighted by atomic mass is 9.95. The summed E-state index contributed by atoms with van der Waals surface area (Å²) in [6, 6.07) is 12.7. The number of ether oxygens (including phenoxy) is 1. The summed E-state index contributed by atoms with van der Waals surface area (Å²) >= 11 is 0. The number of hydrogen-bond acceptors (Lipinski definition) is 7. The number of aromatic amines is 1. The molecule has 3 heterocycles. The van der Waals surface area contributed by atoms with E-state index in [1.165, 1.54) is 32.1 Å². The van der Waals surface area contributed by atoms with Crippen molar-refractivity contribution in [2.24, 2.45) is 0 Å². The number of H-pyrrole nitrogens is 1. The minimum atomic E-state index is 0.403. The van der Waals surface area contributed by atoms with Crippen molar-refractivity contribution in [2.75, 3.05) is 13.2 Å². The summed E-state index contributed by atoms with van der Waals surface area (Å²) in [5.41, 5.74) is 2.68. The molecule has 2 N–H and O–H groups in total. The fraction of sp³-hybridized carbons (Fsp3) is 0.435. The lowest BCUT2D eigenvalue weighted by Crippen LogP contribution is -2.32. The Kier molecular flexibility index (Phi) is 6.34. The third-order valence-electron chi connectivity index (χ3n) is 5.94. The van der Waals surface area contributed by atoms with Crippen molar-refractivity contribution in [3.63, 3.8) is 0 Å². The molecule has 1 fully saturated rings. The molecular formula is C23H28N8O. The van der Waals surface area contributed by atoms with Crippen LogP contribution in [0.5, 0.6) is 5.75 Å². The molecule has 0 saturated heterocycles. The molecular weight excluding hydrogens is 404 g/mol. The number of rotatable bonds is 9. The van der Waals surface area contributed by atoms with Crippen LogP contribution in [0.2, 0.25) is 0 Å². The van der Waals surface area contributed by atoms with Gasteiger partial charge in [-0.25, -0.2) is 9.67 Å². The number of nitrogens with one attached hydrogen (secondary N) is 2. The topological polar surface area (TPSA) is 106 Å². The highest BCUT2D eigenvalue weighted by Gasteiger charge is 2.15. The Morgan fingerprint density at radius 1 is 1.09 bits per heavy atom. The summed E-state index contributed by atoms with van der Waals surface area (Å²) in [4.78, 5) is 4.50. The Morgan fingerprint density at radius 3 is 2.78 bits per heavy atom. The molecule has 1 saturated carbocycles. The Bertz CT molecular complexity index is 1120. The van der Waals surface area contributed by atoms with Gasteiger partial charge in [-0.3, -0.25) is 0 Å². The molecule has 0 spiro atoms. The number of nitrogens with zero attached hydrogens (tertiary/aromatic N) is 6. The Hall–Kier alpha value is -3.33. The van der Waals surface area contributed by atoms with Crippen LogP contribution in [-0.4, -0.2) is 54.6 Å². The number of aromatic nitrogens is 7. The number of fused-ring (bicyclic) bond motifs is 1. The average Bonchev–Trinajstić information content (AvgIpc) is 3.49. The van der Waals surface area contributed by atoms with Crippen LogP contribution in [-0.2, 0) is 6.54 Å². The zero-order valence-corrected chi connectivity index (χ0v) is 18.1. The summed E-state index contributed by atoms with van der Waals surface area (Å²) in [6.07, 6.45) is 9.52. The SMILES string of the molecule is c1cnc2c(c1)c(-c1ccc(OCCCNC3CCCCC3)cc1)nn2Cc1nn[nH]n1. The molecule has 1 aliphatic carbocycles. The van der Waals surface area contributed by atoms with Gasteiger partial charge in [-0.1, -0.05) is 24.5 Å². The van der Waals surface area contributed by atoms with E-state index in [-0.39, 0.29) is 0 Å². The molecule has 9 heteroatoms. The highest BCUT2D eigenvalue weighted by molar-refractivity contribution is 5.91. The molecule has 32 heavy (non-hydrogen) atoms. The standard InChI is InChI=1S/C23H28N8O/c1-2-6-18(7-3-1)24-14-5-15-32-19-11-9-17(10-12-19)22-20-8-4-13-25-23(20)31(28-22)16-21-26-29-30-27-21/h4,8-13,18,24H,1-3,5-7,14-16H2,(H,26,27,29,30). The largest absolute Gasteiger partial charge is 0.494 e. The second kappa shape index (κ2) is 9.86. The van der Waals surface area contributed by atoms with Crippen molar-refractivity contribution in [2.45, 2.75) is 51.1 Å². The maximum absolute atomic E-state index is 5.94. The van der Waals surface area contributed by atoms with Crippen LogP contribution in [0.3, 0.4) is 0 Å². The summed E-state index contributed by atoms with van der Waals surface area (Å²) in [6.45, 7) is 2.13. The van der Waals surface area contributed by atoms with Gasteiger partial charge < -0.3 is 10.1 Å². The van der Waals surface area contributed by atoms with Gasteiger partial charge in [0.2, 0.25) is 0 Å². The van der Waals surface area contributed by atoms with E-state index < -0.39 is 0 Å². The van der Waals surface area contributed by atoms with Crippen molar-refractivity contribution in [1.29, 1.82) is 0 Å². The predicted octanol–water partition coefficient (Wildman–Crippen LogP) is 3.35. The maximum Gasteiger partial charge on any atom is 0.196 e. The van der Waals surface area contributed by atoms with Crippen molar-refractivity contribution in [3.05, 3.63) is 48.4 Å². The molecule has 0 bridgehead atoms. The first-order valence-electron chi connectivity index (χ1n) is 11.4. The smallest absolute Gasteiger partial charge is 0.196 e. The molecule has 0 aliphatic heterocycles. The van der Waals surface area contributed by atoms with Gasteiger partial charge in [0.1, 0.15) is 18.0 Å². The van der Waals surface area contributed by atoms with Crippen molar-refractivity contribution < 1.29 is 4.74 Å². The fourth-order valence-corrected chi connectivity index (χ4v) is 4.30. The molecule has 0 radical (unpaired) electrons. The van der Waals surface area contributed by atoms with E-state index in [1.54, 1.807) is 10.9 Å². The quantitative estimate of drug-likeness (QED) is 0.391. The van der Waals surface area contributed by atoms with E-state index in [4.69, 9.17) is 9.84 Å².